The molecule has 3 aromatic carbocycles. The van der Waals surface area contributed by atoms with Crippen molar-refractivity contribution < 1.29 is 31.2 Å². The van der Waals surface area contributed by atoms with E-state index in [1.165, 1.54) is 18.2 Å². The van der Waals surface area contributed by atoms with E-state index in [-0.39, 0.29) is 33.3 Å². The molecule has 0 unspecified atom stereocenters. The highest BCUT2D eigenvalue weighted by Gasteiger charge is 2.33. The molecule has 1 N–H and O–H groups in total. The largest absolute Gasteiger partial charge is 0.456 e. The second-order valence-corrected chi connectivity index (χ2v) is 8.51. The number of nitro benzene ring substituents is 1. The van der Waals surface area contributed by atoms with Crippen molar-refractivity contribution in [3.63, 3.8) is 0 Å². The van der Waals surface area contributed by atoms with E-state index in [1.807, 2.05) is 0 Å². The summed E-state index contributed by atoms with van der Waals surface area (Å²) in [5.41, 5.74) is -1.61. The van der Waals surface area contributed by atoms with Gasteiger partial charge in [0.05, 0.1) is 31.7 Å². The Morgan fingerprint density at radius 2 is 1.73 bits per heavy atom. The van der Waals surface area contributed by atoms with Gasteiger partial charge < -0.3 is 4.74 Å². The van der Waals surface area contributed by atoms with Crippen LogP contribution in [0.4, 0.5) is 24.5 Å². The molecule has 0 aliphatic rings. The van der Waals surface area contributed by atoms with Crippen molar-refractivity contribution in [3.05, 3.63) is 86.9 Å². The maximum Gasteiger partial charge on any atom is 0.417 e. The van der Waals surface area contributed by atoms with Crippen LogP contribution in [0.15, 0.2) is 65.6 Å². The molecule has 0 aromatic heterocycles. The van der Waals surface area contributed by atoms with E-state index in [4.69, 9.17) is 16.3 Å². The Hall–Kier alpha value is -3.82. The summed E-state index contributed by atoms with van der Waals surface area (Å²) >= 11 is 5.57. The highest BCUT2D eigenvalue weighted by Crippen LogP contribution is 2.38. The van der Waals surface area contributed by atoms with Crippen LogP contribution >= 0.6 is 11.6 Å². The number of nitriles is 1. The van der Waals surface area contributed by atoms with Gasteiger partial charge in [0, 0.05) is 12.1 Å². The predicted octanol–water partition coefficient (Wildman–Crippen LogP) is 5.73. The van der Waals surface area contributed by atoms with Crippen LogP contribution in [-0.2, 0) is 16.2 Å². The van der Waals surface area contributed by atoms with Crippen molar-refractivity contribution in [2.24, 2.45) is 0 Å². The third kappa shape index (κ3) is 5.51. The van der Waals surface area contributed by atoms with Crippen LogP contribution in [0.2, 0.25) is 5.02 Å². The Balaban J connectivity index is 1.86. The van der Waals surface area contributed by atoms with Crippen LogP contribution in [0.5, 0.6) is 11.5 Å². The van der Waals surface area contributed by atoms with Crippen LogP contribution in [-0.4, -0.2) is 13.3 Å². The van der Waals surface area contributed by atoms with Crippen molar-refractivity contribution in [1.29, 1.82) is 5.26 Å². The molecule has 0 fully saturated rings. The van der Waals surface area contributed by atoms with Gasteiger partial charge in [-0.15, -0.1) is 0 Å². The number of non-ortho nitro benzene ring substituents is 1. The van der Waals surface area contributed by atoms with Gasteiger partial charge in [0.25, 0.3) is 15.7 Å². The first-order valence-electron chi connectivity index (χ1n) is 8.77. The van der Waals surface area contributed by atoms with E-state index in [0.29, 0.717) is 6.07 Å². The molecule has 0 amide bonds. The number of hydrogen-bond acceptors (Lipinski definition) is 6. The van der Waals surface area contributed by atoms with Gasteiger partial charge in [-0.2, -0.15) is 18.4 Å². The van der Waals surface area contributed by atoms with Gasteiger partial charge in [0.1, 0.15) is 17.6 Å². The molecular formula is C20H11ClF3N3O5S. The maximum absolute atomic E-state index is 13.0. The van der Waals surface area contributed by atoms with E-state index in [9.17, 15) is 37.0 Å². The second kappa shape index (κ2) is 8.97. The molecule has 0 aliphatic carbocycles. The highest BCUT2D eigenvalue weighted by atomic mass is 35.5. The van der Waals surface area contributed by atoms with Gasteiger partial charge in [0.2, 0.25) is 0 Å². The quantitative estimate of drug-likeness (QED) is 0.342. The Bertz CT molecular complexity index is 1370. The lowest BCUT2D eigenvalue weighted by molar-refractivity contribution is -0.384. The molecule has 0 spiro atoms. The van der Waals surface area contributed by atoms with E-state index < -0.39 is 31.7 Å². The monoisotopic (exact) mass is 497 g/mol. The lowest BCUT2D eigenvalue weighted by Gasteiger charge is -2.13. The average molecular weight is 498 g/mol. The number of nitro groups is 1. The number of hydrogen-bond donors (Lipinski definition) is 1. The third-order valence-electron chi connectivity index (χ3n) is 4.18. The smallest absolute Gasteiger partial charge is 0.417 e. The fourth-order valence-electron chi connectivity index (χ4n) is 2.64. The summed E-state index contributed by atoms with van der Waals surface area (Å²) in [5, 5.41) is 19.6. The lowest BCUT2D eigenvalue weighted by Crippen LogP contribution is -2.13. The van der Waals surface area contributed by atoms with Crippen molar-refractivity contribution in [2.75, 3.05) is 4.72 Å². The van der Waals surface area contributed by atoms with Gasteiger partial charge >= 0.3 is 6.18 Å². The number of nitrogens with one attached hydrogen (secondary N) is 1. The van der Waals surface area contributed by atoms with Crippen LogP contribution in [0.3, 0.4) is 0 Å². The summed E-state index contributed by atoms with van der Waals surface area (Å²) in [5.74, 6) is -0.353. The Labute approximate surface area is 190 Å². The van der Waals surface area contributed by atoms with Crippen molar-refractivity contribution in [3.8, 4) is 17.6 Å². The molecule has 170 valence electrons. The minimum Gasteiger partial charge on any atom is -0.456 e. The molecule has 0 saturated carbocycles. The molecule has 3 aromatic rings. The summed E-state index contributed by atoms with van der Waals surface area (Å²) in [6.45, 7) is 0. The van der Waals surface area contributed by atoms with Gasteiger partial charge in [0.15, 0.2) is 0 Å². The summed E-state index contributed by atoms with van der Waals surface area (Å²) in [4.78, 5) is 9.77. The average Bonchev–Trinajstić information content (AvgIpc) is 2.75. The number of alkyl halides is 3. The van der Waals surface area contributed by atoms with Crippen molar-refractivity contribution in [2.45, 2.75) is 11.1 Å². The maximum atomic E-state index is 13.0. The number of sulfonamides is 1. The number of ether oxygens (including phenoxy) is 1. The molecule has 0 saturated heterocycles. The fourth-order valence-corrected chi connectivity index (χ4v) is 3.92. The van der Waals surface area contributed by atoms with E-state index in [1.54, 1.807) is 6.07 Å². The Morgan fingerprint density at radius 1 is 1.06 bits per heavy atom. The van der Waals surface area contributed by atoms with E-state index in [0.717, 1.165) is 36.4 Å². The van der Waals surface area contributed by atoms with Gasteiger partial charge in [-0.05, 0) is 48.5 Å². The summed E-state index contributed by atoms with van der Waals surface area (Å²) in [7, 11) is -4.14. The molecule has 33 heavy (non-hydrogen) atoms. The van der Waals surface area contributed by atoms with E-state index in [2.05, 4.69) is 4.72 Å². The summed E-state index contributed by atoms with van der Waals surface area (Å²) in [6.07, 6.45) is -4.71. The molecule has 8 nitrogen and oxygen atoms in total. The van der Waals surface area contributed by atoms with Crippen LogP contribution in [0.1, 0.15) is 11.1 Å². The van der Waals surface area contributed by atoms with Crippen LogP contribution in [0.25, 0.3) is 0 Å². The minimum atomic E-state index is -4.71. The number of rotatable bonds is 6. The fraction of sp³-hybridized carbons (Fsp3) is 0.0500. The molecular weight excluding hydrogens is 487 g/mol. The predicted molar refractivity (Wildman–Crippen MR) is 112 cm³/mol. The Kier molecular flexibility index (Phi) is 6.48. The molecule has 0 aliphatic heterocycles. The van der Waals surface area contributed by atoms with Gasteiger partial charge in [-0.3, -0.25) is 14.8 Å². The highest BCUT2D eigenvalue weighted by molar-refractivity contribution is 7.92. The van der Waals surface area contributed by atoms with Crippen LogP contribution in [0, 0.1) is 21.4 Å². The zero-order valence-electron chi connectivity index (χ0n) is 16.1. The zero-order chi connectivity index (χ0) is 24.4. The number of nitrogens with zero attached hydrogens (tertiary/aromatic N) is 2. The summed E-state index contributed by atoms with van der Waals surface area (Å²) < 4.78 is 71.7. The zero-order valence-corrected chi connectivity index (χ0v) is 17.7. The molecule has 3 rings (SSSR count). The van der Waals surface area contributed by atoms with Gasteiger partial charge in [-0.25, -0.2) is 8.42 Å². The topological polar surface area (TPSA) is 122 Å². The number of anilines is 1. The second-order valence-electron chi connectivity index (χ2n) is 6.42. The number of benzene rings is 3. The van der Waals surface area contributed by atoms with Crippen molar-refractivity contribution in [1.82, 2.24) is 0 Å². The molecule has 0 radical (unpaired) electrons. The molecule has 0 atom stereocenters. The Morgan fingerprint density at radius 3 is 2.30 bits per heavy atom. The normalized spacial score (nSPS) is 11.5. The molecule has 0 heterocycles. The SMILES string of the molecule is N#Cc1cc(NS(=O)(=O)c2ccc([N+](=O)[O-])cc2)ccc1Oc1ccc(Cl)c(C(F)(F)F)c1. The number of halogens is 4. The van der Waals surface area contributed by atoms with Gasteiger partial charge in [-0.1, -0.05) is 11.6 Å². The minimum absolute atomic E-state index is 0.0376. The third-order valence-corrected chi connectivity index (χ3v) is 5.91. The first kappa shape index (κ1) is 23.8. The molecule has 0 bridgehead atoms. The lowest BCUT2D eigenvalue weighted by atomic mass is 10.2. The van der Waals surface area contributed by atoms with Crippen LogP contribution < -0.4 is 9.46 Å². The first-order valence-corrected chi connectivity index (χ1v) is 10.6. The first-order chi connectivity index (χ1) is 15.4. The molecule has 13 heteroatoms. The summed E-state index contributed by atoms with van der Waals surface area (Å²) in [6, 6.07) is 12.3. The van der Waals surface area contributed by atoms with Crippen molar-refractivity contribution >= 4 is 33.0 Å². The van der Waals surface area contributed by atoms with E-state index >= 15 is 0 Å². The standard InChI is InChI=1S/C20H11ClF3N3O5S/c21-18-7-4-15(10-17(18)20(22,23)24)32-19-8-1-13(9-12(19)11-25)26-33(30,31)16-5-2-14(3-6-16)27(28)29/h1-10,26H.